The van der Waals surface area contributed by atoms with Gasteiger partial charge in [-0.2, -0.15) is 4.37 Å². The fourth-order valence-electron chi connectivity index (χ4n) is 3.34. The molecule has 3 aromatic rings. The maximum Gasteiger partial charge on any atom is 0.273 e. The number of furan rings is 1. The molecule has 0 radical (unpaired) electrons. The van der Waals surface area contributed by atoms with Gasteiger partial charge in [0.1, 0.15) is 22.1 Å². The van der Waals surface area contributed by atoms with E-state index >= 15 is 0 Å². The van der Waals surface area contributed by atoms with Crippen LogP contribution in [-0.2, 0) is 9.53 Å². The Labute approximate surface area is 206 Å². The number of rotatable bonds is 11. The molecule has 12 heteroatoms. The molecule has 11 nitrogen and oxygen atoms in total. The first-order valence-corrected chi connectivity index (χ1v) is 11.5. The summed E-state index contributed by atoms with van der Waals surface area (Å²) in [5.41, 5.74) is 11.4. The summed E-state index contributed by atoms with van der Waals surface area (Å²) >= 11 is 0.724. The number of methoxy groups -OCH3 is 1. The summed E-state index contributed by atoms with van der Waals surface area (Å²) in [4.78, 5) is 40.1. The number of nitrogens with one attached hydrogen (secondary N) is 1. The quantitative estimate of drug-likeness (QED) is 0.337. The monoisotopic (exact) mass is 501 g/mol. The molecule has 0 bridgehead atoms. The molecule has 0 aliphatic carbocycles. The highest BCUT2D eigenvalue weighted by molar-refractivity contribution is 7.09. The number of benzene rings is 1. The minimum atomic E-state index is -1.20. The Hall–Kier alpha value is -3.90. The number of aryl methyl sites for hydroxylation is 1. The van der Waals surface area contributed by atoms with Crippen LogP contribution in [0.15, 0.2) is 40.8 Å². The molecule has 2 heterocycles. The van der Waals surface area contributed by atoms with Crippen LogP contribution in [0.5, 0.6) is 5.75 Å². The summed E-state index contributed by atoms with van der Waals surface area (Å²) in [5.74, 6) is -0.637. The van der Waals surface area contributed by atoms with Gasteiger partial charge in [-0.1, -0.05) is 0 Å². The highest BCUT2D eigenvalue weighted by atomic mass is 32.1. The average Bonchev–Trinajstić information content (AvgIpc) is 3.43. The van der Waals surface area contributed by atoms with Crippen LogP contribution in [0.1, 0.15) is 44.6 Å². The van der Waals surface area contributed by atoms with Crippen molar-refractivity contribution in [1.82, 2.24) is 9.69 Å². The SMILES string of the molecule is CCOc1ccc(N(C(=O)c2snc(C(N)=O)c2N)[C@@H](C(=O)NCCOC)c2ccc(C)o2)cc1. The van der Waals surface area contributed by atoms with Crippen LogP contribution in [0.3, 0.4) is 0 Å². The minimum absolute atomic E-state index is 0.0364. The second-order valence-electron chi connectivity index (χ2n) is 7.38. The number of aromatic nitrogens is 1. The molecule has 0 aliphatic heterocycles. The van der Waals surface area contributed by atoms with Crippen LogP contribution in [0, 0.1) is 6.92 Å². The molecule has 2 aromatic heterocycles. The Morgan fingerprint density at radius 3 is 2.46 bits per heavy atom. The van der Waals surface area contributed by atoms with Gasteiger partial charge in [-0.05, 0) is 61.8 Å². The average molecular weight is 502 g/mol. The largest absolute Gasteiger partial charge is 0.494 e. The van der Waals surface area contributed by atoms with Crippen molar-refractivity contribution in [3.05, 3.63) is 58.5 Å². The van der Waals surface area contributed by atoms with Crippen LogP contribution in [-0.4, -0.2) is 49.0 Å². The van der Waals surface area contributed by atoms with Crippen molar-refractivity contribution in [3.8, 4) is 5.75 Å². The smallest absolute Gasteiger partial charge is 0.273 e. The molecule has 0 aliphatic rings. The van der Waals surface area contributed by atoms with E-state index in [1.165, 1.54) is 12.0 Å². The molecule has 3 amide bonds. The zero-order valence-electron chi connectivity index (χ0n) is 19.6. The van der Waals surface area contributed by atoms with Crippen LogP contribution in [0.25, 0.3) is 0 Å². The number of ether oxygens (including phenoxy) is 2. The number of primary amides is 1. The van der Waals surface area contributed by atoms with Gasteiger partial charge in [0.15, 0.2) is 11.7 Å². The molecular weight excluding hydrogens is 474 g/mol. The first-order chi connectivity index (χ1) is 16.8. The summed E-state index contributed by atoms with van der Waals surface area (Å²) in [6, 6.07) is 8.74. The first-order valence-electron chi connectivity index (χ1n) is 10.7. The predicted molar refractivity (Wildman–Crippen MR) is 131 cm³/mol. The lowest BCUT2D eigenvalue weighted by molar-refractivity contribution is -0.123. The number of nitrogen functional groups attached to an aromatic ring is 1. The Morgan fingerprint density at radius 1 is 1.20 bits per heavy atom. The van der Waals surface area contributed by atoms with E-state index in [1.54, 1.807) is 43.3 Å². The molecule has 35 heavy (non-hydrogen) atoms. The third kappa shape index (κ3) is 5.78. The van der Waals surface area contributed by atoms with Crippen molar-refractivity contribution >= 4 is 40.6 Å². The number of amides is 3. The van der Waals surface area contributed by atoms with Gasteiger partial charge in [0.2, 0.25) is 0 Å². The van der Waals surface area contributed by atoms with E-state index in [0.717, 1.165) is 11.5 Å². The van der Waals surface area contributed by atoms with Crippen molar-refractivity contribution in [2.45, 2.75) is 19.9 Å². The van der Waals surface area contributed by atoms with Gasteiger partial charge < -0.3 is 30.7 Å². The van der Waals surface area contributed by atoms with Gasteiger partial charge in [0, 0.05) is 19.3 Å². The lowest BCUT2D eigenvalue weighted by Gasteiger charge is -2.29. The van der Waals surface area contributed by atoms with Crippen molar-refractivity contribution < 1.29 is 28.3 Å². The third-order valence-corrected chi connectivity index (χ3v) is 5.79. The Kier molecular flexibility index (Phi) is 8.44. The maximum atomic E-state index is 13.9. The lowest BCUT2D eigenvalue weighted by atomic mass is 10.1. The van der Waals surface area contributed by atoms with Gasteiger partial charge in [0.25, 0.3) is 17.7 Å². The number of hydrogen-bond donors (Lipinski definition) is 3. The van der Waals surface area contributed by atoms with E-state index in [1.807, 2.05) is 6.92 Å². The summed E-state index contributed by atoms with van der Waals surface area (Å²) in [7, 11) is 1.51. The molecule has 0 saturated carbocycles. The van der Waals surface area contributed by atoms with Gasteiger partial charge in [-0.25, -0.2) is 0 Å². The first kappa shape index (κ1) is 25.7. The van der Waals surface area contributed by atoms with Crippen molar-refractivity contribution in [1.29, 1.82) is 0 Å². The van der Waals surface area contributed by atoms with E-state index in [9.17, 15) is 14.4 Å². The van der Waals surface area contributed by atoms with Crippen LogP contribution in [0.2, 0.25) is 0 Å². The summed E-state index contributed by atoms with van der Waals surface area (Å²) in [5, 5.41) is 2.76. The topological polar surface area (TPSA) is 163 Å². The lowest BCUT2D eigenvalue weighted by Crippen LogP contribution is -2.44. The molecule has 1 atom stereocenters. The summed E-state index contributed by atoms with van der Waals surface area (Å²) < 4.78 is 20.2. The highest BCUT2D eigenvalue weighted by Crippen LogP contribution is 2.34. The molecule has 1 aromatic carbocycles. The van der Waals surface area contributed by atoms with E-state index in [0.29, 0.717) is 23.8 Å². The Bertz CT molecular complexity index is 1190. The number of nitrogens with zero attached hydrogens (tertiary/aromatic N) is 2. The van der Waals surface area contributed by atoms with E-state index in [4.69, 9.17) is 25.4 Å². The molecule has 0 unspecified atom stereocenters. The molecule has 5 N–H and O–H groups in total. The fraction of sp³-hybridized carbons (Fsp3) is 0.304. The molecule has 0 spiro atoms. The van der Waals surface area contributed by atoms with Crippen molar-refractivity contribution in [2.75, 3.05) is 37.5 Å². The molecular formula is C23H27N5O6S. The van der Waals surface area contributed by atoms with Crippen LogP contribution in [0.4, 0.5) is 11.4 Å². The zero-order valence-corrected chi connectivity index (χ0v) is 20.4. The van der Waals surface area contributed by atoms with E-state index in [2.05, 4.69) is 9.69 Å². The predicted octanol–water partition coefficient (Wildman–Crippen LogP) is 2.28. The maximum absolute atomic E-state index is 13.9. The number of carbonyl (C=O) groups excluding carboxylic acids is 3. The molecule has 3 rings (SSSR count). The van der Waals surface area contributed by atoms with E-state index in [-0.39, 0.29) is 35.2 Å². The fourth-order valence-corrected chi connectivity index (χ4v) is 4.08. The summed E-state index contributed by atoms with van der Waals surface area (Å²) in [6.45, 7) is 4.53. The number of carbonyl (C=O) groups is 3. The highest BCUT2D eigenvalue weighted by Gasteiger charge is 2.37. The number of nitrogens with two attached hydrogens (primary N) is 2. The molecule has 0 fully saturated rings. The van der Waals surface area contributed by atoms with Crippen LogP contribution >= 0.6 is 11.5 Å². The van der Waals surface area contributed by atoms with Gasteiger partial charge >= 0.3 is 0 Å². The van der Waals surface area contributed by atoms with Gasteiger partial charge in [-0.3, -0.25) is 19.3 Å². The summed E-state index contributed by atoms with van der Waals surface area (Å²) in [6.07, 6.45) is 0. The normalized spacial score (nSPS) is 11.6. The van der Waals surface area contributed by atoms with Crippen molar-refractivity contribution in [3.63, 3.8) is 0 Å². The number of anilines is 2. The second-order valence-corrected chi connectivity index (χ2v) is 8.15. The number of hydrogen-bond acceptors (Lipinski definition) is 9. The third-order valence-electron chi connectivity index (χ3n) is 4.94. The van der Waals surface area contributed by atoms with Gasteiger partial charge in [0.05, 0.1) is 18.9 Å². The van der Waals surface area contributed by atoms with Gasteiger partial charge in [-0.15, -0.1) is 0 Å². The second kappa shape index (κ2) is 11.5. The Morgan fingerprint density at radius 2 is 1.91 bits per heavy atom. The zero-order chi connectivity index (χ0) is 25.5. The van der Waals surface area contributed by atoms with Crippen LogP contribution < -0.4 is 26.4 Å². The van der Waals surface area contributed by atoms with Crippen molar-refractivity contribution in [2.24, 2.45) is 5.73 Å². The minimum Gasteiger partial charge on any atom is -0.494 e. The Balaban J connectivity index is 2.14. The van der Waals surface area contributed by atoms with E-state index < -0.39 is 23.8 Å². The molecule has 186 valence electrons. The standard InChI is InChI=1S/C23H27N5O6S/c1-4-33-15-8-6-14(7-9-15)28(23(31)20-17(24)18(21(25)29)27-35-20)19(16-10-5-13(2)34-16)22(30)26-11-12-32-3/h5-10,19H,4,11-12,24H2,1-3H3,(H2,25,29)(H,26,30)/t19-/m1/s1. The molecule has 0 saturated heterocycles.